The largest absolute Gasteiger partial charge is 0.393 e. The van der Waals surface area contributed by atoms with Crippen LogP contribution in [0, 0.1) is 0 Å². The van der Waals surface area contributed by atoms with Crippen LogP contribution in [0.4, 0.5) is 0 Å². The van der Waals surface area contributed by atoms with Gasteiger partial charge in [0.2, 0.25) is 5.91 Å². The van der Waals surface area contributed by atoms with E-state index >= 15 is 0 Å². The van der Waals surface area contributed by atoms with E-state index in [4.69, 9.17) is 16.6 Å². The summed E-state index contributed by atoms with van der Waals surface area (Å²) >= 11 is 6.34. The van der Waals surface area contributed by atoms with Crippen LogP contribution in [-0.2, 0) is 17.8 Å². The summed E-state index contributed by atoms with van der Waals surface area (Å²) in [7, 11) is 0. The van der Waals surface area contributed by atoms with Gasteiger partial charge in [0.1, 0.15) is 5.82 Å². The second kappa shape index (κ2) is 9.02. The fraction of sp³-hybridized carbons (Fsp3) is 0.333. The number of nitrogens with zero attached hydrogens (tertiary/aromatic N) is 2. The molecule has 1 unspecified atom stereocenters. The minimum atomic E-state index is -0.462. The van der Waals surface area contributed by atoms with Crippen LogP contribution in [0.15, 0.2) is 48.5 Å². The average Bonchev–Trinajstić information content (AvgIpc) is 2.99. The number of hydrogen-bond acceptors (Lipinski definition) is 3. The highest BCUT2D eigenvalue weighted by molar-refractivity contribution is 6.31. The van der Waals surface area contributed by atoms with Crippen molar-refractivity contribution >= 4 is 28.5 Å². The highest BCUT2D eigenvalue weighted by atomic mass is 35.5. The Morgan fingerprint density at radius 2 is 1.96 bits per heavy atom. The van der Waals surface area contributed by atoms with Gasteiger partial charge < -0.3 is 15.0 Å². The molecule has 2 aromatic carbocycles. The van der Waals surface area contributed by atoms with Gasteiger partial charge in [0, 0.05) is 24.4 Å². The topological polar surface area (TPSA) is 67.2 Å². The lowest BCUT2D eigenvalue weighted by Crippen LogP contribution is -2.27. The molecule has 27 heavy (non-hydrogen) atoms. The summed E-state index contributed by atoms with van der Waals surface area (Å²) < 4.78 is 2.15. The molecular formula is C21H24ClN3O2. The fourth-order valence-electron chi connectivity index (χ4n) is 3.03. The van der Waals surface area contributed by atoms with Crippen molar-refractivity contribution in [2.75, 3.05) is 6.54 Å². The van der Waals surface area contributed by atoms with Gasteiger partial charge in [-0.05, 0) is 37.1 Å². The number of carbonyl (C=O) groups is 1. The van der Waals surface area contributed by atoms with Gasteiger partial charge in [-0.3, -0.25) is 4.79 Å². The van der Waals surface area contributed by atoms with Crippen LogP contribution in [0.2, 0.25) is 5.02 Å². The molecule has 0 spiro atoms. The highest BCUT2D eigenvalue weighted by Gasteiger charge is 2.12. The van der Waals surface area contributed by atoms with Gasteiger partial charge in [-0.2, -0.15) is 0 Å². The number of halogens is 1. The fourth-order valence-corrected chi connectivity index (χ4v) is 3.23. The molecule has 2 N–H and O–H groups in total. The Morgan fingerprint density at radius 3 is 2.74 bits per heavy atom. The first kappa shape index (κ1) is 19.4. The maximum absolute atomic E-state index is 11.9. The van der Waals surface area contributed by atoms with Crippen molar-refractivity contribution in [3.63, 3.8) is 0 Å². The van der Waals surface area contributed by atoms with Gasteiger partial charge in [-0.25, -0.2) is 4.98 Å². The first-order valence-electron chi connectivity index (χ1n) is 9.17. The van der Waals surface area contributed by atoms with E-state index in [0.29, 0.717) is 32.4 Å². The third kappa shape index (κ3) is 5.08. The number of hydrogen-bond donors (Lipinski definition) is 2. The van der Waals surface area contributed by atoms with E-state index in [1.54, 1.807) is 6.92 Å². The van der Waals surface area contributed by atoms with Crippen LogP contribution < -0.4 is 5.32 Å². The Bertz CT molecular complexity index is 921. The number of fused-ring (bicyclic) bond motifs is 1. The minimum absolute atomic E-state index is 0.0512. The van der Waals surface area contributed by atoms with Crippen LogP contribution in [0.25, 0.3) is 11.0 Å². The van der Waals surface area contributed by atoms with E-state index in [0.717, 1.165) is 27.4 Å². The number of imidazole rings is 1. The molecule has 5 nitrogen and oxygen atoms in total. The summed E-state index contributed by atoms with van der Waals surface area (Å²) in [6.07, 6.45) is 0.958. The minimum Gasteiger partial charge on any atom is -0.393 e. The number of carbonyl (C=O) groups excluding carboxylic acids is 1. The molecular weight excluding hydrogens is 362 g/mol. The van der Waals surface area contributed by atoms with Crippen LogP contribution in [0.3, 0.4) is 0 Å². The number of benzene rings is 2. The number of aromatic nitrogens is 2. The van der Waals surface area contributed by atoms with Gasteiger partial charge in [0.25, 0.3) is 0 Å². The molecule has 3 aromatic rings. The van der Waals surface area contributed by atoms with Gasteiger partial charge >= 0.3 is 0 Å². The second-order valence-corrected chi connectivity index (χ2v) is 7.09. The lowest BCUT2D eigenvalue weighted by Gasteiger charge is -2.11. The molecule has 0 saturated heterocycles. The zero-order chi connectivity index (χ0) is 19.2. The smallest absolute Gasteiger partial charge is 0.220 e. The number of aliphatic hydroxyl groups excluding tert-OH is 1. The first-order chi connectivity index (χ1) is 13.0. The summed E-state index contributed by atoms with van der Waals surface area (Å²) in [6.45, 7) is 2.82. The first-order valence-corrected chi connectivity index (χ1v) is 9.54. The van der Waals surface area contributed by atoms with Crippen molar-refractivity contribution in [3.8, 4) is 0 Å². The predicted octanol–water partition coefficient (Wildman–Crippen LogP) is 3.56. The standard InChI is InChI=1S/C21H24ClN3O2/c1-15(26)10-11-21(27)23-13-12-20-24-18-8-4-5-9-19(18)25(20)14-16-6-2-3-7-17(16)22/h2-9,15,26H,10-14H2,1H3,(H,23,27). The van der Waals surface area contributed by atoms with Crippen molar-refractivity contribution in [1.82, 2.24) is 14.9 Å². The SMILES string of the molecule is CC(O)CCC(=O)NCCc1nc2ccccc2n1Cc1ccccc1Cl. The third-order valence-corrected chi connectivity index (χ3v) is 4.85. The van der Waals surface area contributed by atoms with Gasteiger partial charge in [-0.1, -0.05) is 41.9 Å². The molecule has 6 heteroatoms. The Morgan fingerprint density at radius 1 is 1.22 bits per heavy atom. The lowest BCUT2D eigenvalue weighted by atomic mass is 10.2. The molecule has 0 radical (unpaired) electrons. The quantitative estimate of drug-likeness (QED) is 0.623. The molecule has 1 amide bonds. The molecule has 1 atom stereocenters. The van der Waals surface area contributed by atoms with Crippen molar-refractivity contribution < 1.29 is 9.90 Å². The summed E-state index contributed by atoms with van der Waals surface area (Å²) in [5.41, 5.74) is 3.01. The van der Waals surface area contributed by atoms with E-state index in [1.807, 2.05) is 48.5 Å². The normalized spacial score (nSPS) is 12.3. The molecule has 0 bridgehead atoms. The third-order valence-electron chi connectivity index (χ3n) is 4.48. The lowest BCUT2D eigenvalue weighted by molar-refractivity contribution is -0.121. The summed E-state index contributed by atoms with van der Waals surface area (Å²) in [6, 6.07) is 15.8. The van der Waals surface area contributed by atoms with Gasteiger partial charge in [0.05, 0.1) is 23.7 Å². The van der Waals surface area contributed by atoms with Crippen molar-refractivity contribution in [2.45, 2.75) is 38.8 Å². The highest BCUT2D eigenvalue weighted by Crippen LogP contribution is 2.22. The molecule has 0 saturated carbocycles. The number of rotatable bonds is 8. The summed E-state index contributed by atoms with van der Waals surface area (Å²) in [4.78, 5) is 16.6. The zero-order valence-corrected chi connectivity index (χ0v) is 16.1. The van der Waals surface area contributed by atoms with E-state index in [2.05, 4.69) is 9.88 Å². The van der Waals surface area contributed by atoms with Gasteiger partial charge in [-0.15, -0.1) is 0 Å². The molecule has 0 aliphatic rings. The number of aliphatic hydroxyl groups is 1. The molecule has 3 rings (SSSR count). The van der Waals surface area contributed by atoms with Gasteiger partial charge in [0.15, 0.2) is 0 Å². The van der Waals surface area contributed by atoms with E-state index in [9.17, 15) is 9.90 Å². The maximum Gasteiger partial charge on any atom is 0.220 e. The van der Waals surface area contributed by atoms with Crippen LogP contribution in [-0.4, -0.2) is 33.2 Å². The number of para-hydroxylation sites is 2. The monoisotopic (exact) mass is 385 g/mol. The van der Waals surface area contributed by atoms with E-state index < -0.39 is 6.10 Å². The number of amides is 1. The Hall–Kier alpha value is -2.37. The molecule has 0 aliphatic carbocycles. The molecule has 1 heterocycles. The van der Waals surface area contributed by atoms with Crippen LogP contribution in [0.1, 0.15) is 31.2 Å². The zero-order valence-electron chi connectivity index (χ0n) is 15.4. The number of nitrogens with one attached hydrogen (secondary N) is 1. The van der Waals surface area contributed by atoms with Crippen LogP contribution >= 0.6 is 11.6 Å². The second-order valence-electron chi connectivity index (χ2n) is 6.68. The maximum atomic E-state index is 11.9. The van der Waals surface area contributed by atoms with Crippen molar-refractivity contribution in [2.24, 2.45) is 0 Å². The molecule has 0 aliphatic heterocycles. The summed E-state index contributed by atoms with van der Waals surface area (Å²) in [5, 5.41) is 12.9. The Kier molecular flexibility index (Phi) is 6.48. The summed E-state index contributed by atoms with van der Waals surface area (Å²) in [5.74, 6) is 0.858. The molecule has 1 aromatic heterocycles. The van der Waals surface area contributed by atoms with Crippen molar-refractivity contribution in [3.05, 3.63) is 64.9 Å². The Balaban J connectivity index is 1.75. The Labute approximate surface area is 164 Å². The van der Waals surface area contributed by atoms with Crippen molar-refractivity contribution in [1.29, 1.82) is 0 Å². The van der Waals surface area contributed by atoms with Crippen LogP contribution in [0.5, 0.6) is 0 Å². The van der Waals surface area contributed by atoms with E-state index in [-0.39, 0.29) is 5.91 Å². The van der Waals surface area contributed by atoms with E-state index in [1.165, 1.54) is 0 Å². The molecule has 0 fully saturated rings. The molecule has 142 valence electrons. The average molecular weight is 386 g/mol. The predicted molar refractivity (Wildman–Crippen MR) is 108 cm³/mol.